The normalized spacial score (nSPS) is 20.5. The molecule has 1 saturated heterocycles. The zero-order valence-corrected chi connectivity index (χ0v) is 43.2. The predicted octanol–water partition coefficient (Wildman–Crippen LogP) is 11.0. The summed E-state index contributed by atoms with van der Waals surface area (Å²) in [6.45, 7) is 3.21. The molecule has 67 heavy (non-hydrogen) atoms. The minimum Gasteiger partial charge on any atom is -0.394 e. The standard InChI is InChI=1S/C53H101NO12S/c1-3-5-7-9-11-13-15-17-19-21-23-24-26-28-30-32-34-36-38-40-42-47(57)52(60)54-45(44-64-53-50(59)51(66-67(61,62)63)49(58)48(43-55)65-53)46(56)41-39-37-35-33-31-29-27-25-22-20-18-16-14-12-10-8-6-4-2/h5,7,11,13,45-51,53,55-59H,3-4,6,8-10,12,14-44H2,1-2H3,(H,54,60)(H,61,62,63)/b7-5-,13-11-. The van der Waals surface area contributed by atoms with Crippen molar-refractivity contribution in [3.8, 4) is 0 Å². The molecule has 1 fully saturated rings. The van der Waals surface area contributed by atoms with Gasteiger partial charge in [-0.15, -0.1) is 0 Å². The van der Waals surface area contributed by atoms with Gasteiger partial charge in [-0.05, 0) is 38.5 Å². The van der Waals surface area contributed by atoms with Gasteiger partial charge in [0.15, 0.2) is 6.29 Å². The first-order valence-corrected chi connectivity index (χ1v) is 28.7. The number of nitrogens with one attached hydrogen (secondary N) is 1. The monoisotopic (exact) mass is 976 g/mol. The van der Waals surface area contributed by atoms with E-state index in [0.29, 0.717) is 19.3 Å². The van der Waals surface area contributed by atoms with Crippen molar-refractivity contribution < 1.29 is 57.0 Å². The lowest BCUT2D eigenvalue weighted by Crippen LogP contribution is -2.61. The van der Waals surface area contributed by atoms with E-state index >= 15 is 0 Å². The molecule has 0 aromatic carbocycles. The Morgan fingerprint density at radius 3 is 1.49 bits per heavy atom. The number of allylic oxidation sites excluding steroid dienone is 4. The Hall–Kier alpha value is -1.46. The van der Waals surface area contributed by atoms with E-state index in [4.69, 9.17) is 9.47 Å². The molecule has 396 valence electrons. The Kier molecular flexibility index (Phi) is 41.1. The van der Waals surface area contributed by atoms with E-state index in [1.54, 1.807) is 0 Å². The van der Waals surface area contributed by atoms with Crippen LogP contribution in [0.5, 0.6) is 0 Å². The molecule has 0 aromatic heterocycles. The van der Waals surface area contributed by atoms with Gasteiger partial charge in [0.25, 0.3) is 0 Å². The lowest BCUT2D eigenvalue weighted by molar-refractivity contribution is -0.298. The number of ether oxygens (including phenoxy) is 2. The second kappa shape index (κ2) is 43.3. The first kappa shape index (κ1) is 63.6. The van der Waals surface area contributed by atoms with Crippen LogP contribution in [-0.4, -0.2) is 107 Å². The van der Waals surface area contributed by atoms with Gasteiger partial charge in [-0.3, -0.25) is 9.35 Å². The zero-order valence-electron chi connectivity index (χ0n) is 42.3. The molecular weight excluding hydrogens is 875 g/mol. The molecule has 14 heteroatoms. The van der Waals surface area contributed by atoms with Crippen LogP contribution in [0.2, 0.25) is 0 Å². The van der Waals surface area contributed by atoms with Gasteiger partial charge in [-0.2, -0.15) is 8.42 Å². The van der Waals surface area contributed by atoms with Crippen LogP contribution in [0.25, 0.3) is 0 Å². The number of unbranched alkanes of at least 4 members (excludes halogenated alkanes) is 30. The average Bonchev–Trinajstić information content (AvgIpc) is 3.30. The van der Waals surface area contributed by atoms with Crippen molar-refractivity contribution in [2.24, 2.45) is 0 Å². The van der Waals surface area contributed by atoms with Gasteiger partial charge in [0.2, 0.25) is 5.91 Å². The van der Waals surface area contributed by atoms with Crippen LogP contribution in [-0.2, 0) is 28.9 Å². The highest BCUT2D eigenvalue weighted by Gasteiger charge is 2.48. The van der Waals surface area contributed by atoms with Gasteiger partial charge in [0.05, 0.1) is 25.4 Å². The van der Waals surface area contributed by atoms with Crippen molar-refractivity contribution in [3.63, 3.8) is 0 Å². The number of aliphatic hydroxyl groups excluding tert-OH is 5. The van der Waals surface area contributed by atoms with Crippen molar-refractivity contribution in [1.82, 2.24) is 5.32 Å². The highest BCUT2D eigenvalue weighted by Crippen LogP contribution is 2.26. The van der Waals surface area contributed by atoms with Crippen LogP contribution < -0.4 is 5.32 Å². The number of hydrogen-bond acceptors (Lipinski definition) is 11. The molecule has 1 amide bonds. The Morgan fingerprint density at radius 1 is 0.612 bits per heavy atom. The first-order chi connectivity index (χ1) is 32.4. The van der Waals surface area contributed by atoms with Crippen molar-refractivity contribution in [1.29, 1.82) is 0 Å². The summed E-state index contributed by atoms with van der Waals surface area (Å²) < 4.78 is 47.8. The van der Waals surface area contributed by atoms with Crippen LogP contribution in [0.4, 0.5) is 0 Å². The molecule has 1 aliphatic rings. The van der Waals surface area contributed by atoms with Gasteiger partial charge < -0.3 is 40.3 Å². The van der Waals surface area contributed by atoms with Crippen molar-refractivity contribution in [2.45, 2.75) is 294 Å². The quantitative estimate of drug-likeness (QED) is 0.0172. The predicted molar refractivity (Wildman–Crippen MR) is 270 cm³/mol. The third-order valence-electron chi connectivity index (χ3n) is 13.1. The van der Waals surface area contributed by atoms with Crippen LogP contribution >= 0.6 is 0 Å². The fourth-order valence-corrected chi connectivity index (χ4v) is 9.37. The molecule has 0 bridgehead atoms. The van der Waals surface area contributed by atoms with Crippen LogP contribution in [0, 0.1) is 0 Å². The number of carbonyl (C=O) groups is 1. The molecule has 0 aliphatic carbocycles. The van der Waals surface area contributed by atoms with E-state index in [9.17, 15) is 43.3 Å². The van der Waals surface area contributed by atoms with Crippen LogP contribution in [0.1, 0.15) is 245 Å². The van der Waals surface area contributed by atoms with Gasteiger partial charge >= 0.3 is 10.4 Å². The SMILES string of the molecule is CC/C=C\C/C=C\CCCCCCCCCCCCCCCC(O)C(=O)NC(COC1OC(CO)C(O)C(OS(=O)(=O)O)C1O)C(O)CCCCCCCCCCCCCCCCCCCC. The van der Waals surface area contributed by atoms with E-state index in [2.05, 4.69) is 47.7 Å². The smallest absolute Gasteiger partial charge is 0.394 e. The number of hydrogen-bond donors (Lipinski definition) is 7. The van der Waals surface area contributed by atoms with E-state index in [0.717, 1.165) is 51.4 Å². The Labute approximate surface area is 408 Å². The maximum absolute atomic E-state index is 13.2. The molecule has 13 nitrogen and oxygen atoms in total. The van der Waals surface area contributed by atoms with Gasteiger partial charge in [0, 0.05) is 0 Å². The van der Waals surface area contributed by atoms with E-state index in [1.165, 1.54) is 154 Å². The molecular formula is C53H101NO12S. The number of aliphatic hydroxyl groups is 5. The molecule has 1 heterocycles. The largest absolute Gasteiger partial charge is 0.397 e. The van der Waals surface area contributed by atoms with E-state index < -0.39 is 78.5 Å². The van der Waals surface area contributed by atoms with Crippen molar-refractivity contribution in [2.75, 3.05) is 13.2 Å². The summed E-state index contributed by atoms with van der Waals surface area (Å²) in [4.78, 5) is 13.2. The fourth-order valence-electron chi connectivity index (χ4n) is 8.86. The third kappa shape index (κ3) is 35.3. The highest BCUT2D eigenvalue weighted by atomic mass is 32.3. The molecule has 0 spiro atoms. The van der Waals surface area contributed by atoms with Gasteiger partial charge in [-0.25, -0.2) is 4.18 Å². The minimum absolute atomic E-state index is 0.260. The maximum Gasteiger partial charge on any atom is 0.397 e. The zero-order chi connectivity index (χ0) is 49.2. The molecule has 0 aromatic rings. The second-order valence-electron chi connectivity index (χ2n) is 19.3. The molecule has 8 unspecified atom stereocenters. The Balaban J connectivity index is 2.44. The summed E-state index contributed by atoms with van der Waals surface area (Å²) in [5, 5.41) is 55.6. The summed E-state index contributed by atoms with van der Waals surface area (Å²) in [7, 11) is -5.11. The minimum atomic E-state index is -5.11. The van der Waals surface area contributed by atoms with Gasteiger partial charge in [0.1, 0.15) is 30.5 Å². The first-order valence-electron chi connectivity index (χ1n) is 27.3. The van der Waals surface area contributed by atoms with Crippen molar-refractivity contribution in [3.05, 3.63) is 24.3 Å². The molecule has 0 saturated carbocycles. The summed E-state index contributed by atoms with van der Waals surface area (Å²) >= 11 is 0. The number of rotatable bonds is 47. The van der Waals surface area contributed by atoms with Crippen LogP contribution in [0.3, 0.4) is 0 Å². The maximum atomic E-state index is 13.2. The number of carbonyl (C=O) groups excluding carboxylic acids is 1. The molecule has 1 aliphatic heterocycles. The number of amides is 1. The second-order valence-corrected chi connectivity index (χ2v) is 20.3. The molecule has 8 atom stereocenters. The van der Waals surface area contributed by atoms with Crippen LogP contribution in [0.15, 0.2) is 24.3 Å². The topological polar surface area (TPSA) is 212 Å². The summed E-state index contributed by atoms with van der Waals surface area (Å²) in [6, 6.07) is -1.03. The van der Waals surface area contributed by atoms with E-state index in [-0.39, 0.29) is 6.42 Å². The van der Waals surface area contributed by atoms with Crippen molar-refractivity contribution >= 4 is 16.3 Å². The molecule has 0 radical (unpaired) electrons. The Bertz CT molecular complexity index is 1300. The lowest BCUT2D eigenvalue weighted by Gasteiger charge is -2.41. The summed E-state index contributed by atoms with van der Waals surface area (Å²) in [6.07, 6.45) is 39.2. The third-order valence-corrected chi connectivity index (χ3v) is 13.6. The van der Waals surface area contributed by atoms with E-state index in [1.807, 2.05) is 0 Å². The summed E-state index contributed by atoms with van der Waals surface area (Å²) in [5.74, 6) is -0.667. The molecule has 7 N–H and O–H groups in total. The molecule has 1 rings (SSSR count). The Morgan fingerprint density at radius 2 is 1.04 bits per heavy atom. The van der Waals surface area contributed by atoms with Gasteiger partial charge in [-0.1, -0.05) is 231 Å². The fraction of sp³-hybridized carbons (Fsp3) is 0.906. The summed E-state index contributed by atoms with van der Waals surface area (Å²) in [5.41, 5.74) is 0. The highest BCUT2D eigenvalue weighted by molar-refractivity contribution is 7.80. The average molecular weight is 976 g/mol. The lowest BCUT2D eigenvalue weighted by atomic mass is 9.99.